The van der Waals surface area contributed by atoms with E-state index in [0.717, 1.165) is 26.2 Å². The molecule has 21 heavy (non-hydrogen) atoms. The van der Waals surface area contributed by atoms with E-state index in [1.54, 1.807) is 0 Å². The van der Waals surface area contributed by atoms with E-state index in [-0.39, 0.29) is 0 Å². The van der Waals surface area contributed by atoms with E-state index >= 15 is 0 Å². The Balaban J connectivity index is 1.47. The second-order valence-electron chi connectivity index (χ2n) is 5.73. The lowest BCUT2D eigenvalue weighted by Crippen LogP contribution is -2.32. The molecular formula is C17H24N4. The van der Waals surface area contributed by atoms with Crippen LogP contribution in [0.15, 0.2) is 42.6 Å². The fraction of sp³-hybridized carbons (Fsp3) is 0.471. The first-order valence-corrected chi connectivity index (χ1v) is 7.85. The maximum Gasteiger partial charge on any atom is 0.0522 e. The summed E-state index contributed by atoms with van der Waals surface area (Å²) in [4.78, 5) is 2.53. The van der Waals surface area contributed by atoms with Crippen molar-refractivity contribution >= 4 is 0 Å². The van der Waals surface area contributed by atoms with Gasteiger partial charge in [0.2, 0.25) is 0 Å². The number of nitrogens with zero attached hydrogens (tertiary/aromatic N) is 3. The normalized spacial score (nSPS) is 19.2. The molecule has 1 aromatic heterocycles. The minimum atomic E-state index is 0.592. The van der Waals surface area contributed by atoms with Crippen LogP contribution in [0.25, 0.3) is 0 Å². The molecule has 0 bridgehead atoms. The lowest BCUT2D eigenvalue weighted by atomic mass is 10.2. The highest BCUT2D eigenvalue weighted by molar-refractivity contribution is 5.14. The number of nitrogens with one attached hydrogen (secondary N) is 1. The van der Waals surface area contributed by atoms with Crippen LogP contribution < -0.4 is 5.32 Å². The quantitative estimate of drug-likeness (QED) is 0.883. The molecule has 1 unspecified atom stereocenters. The molecule has 0 spiro atoms. The zero-order valence-corrected chi connectivity index (χ0v) is 12.7. The first kappa shape index (κ1) is 14.3. The van der Waals surface area contributed by atoms with Gasteiger partial charge < -0.3 is 5.32 Å². The molecule has 4 heteroatoms. The summed E-state index contributed by atoms with van der Waals surface area (Å²) in [5.74, 6) is 0. The number of aryl methyl sites for hydroxylation is 1. The van der Waals surface area contributed by atoms with Crippen molar-refractivity contribution in [3.05, 3.63) is 53.9 Å². The van der Waals surface area contributed by atoms with Crippen LogP contribution in [-0.2, 0) is 19.6 Å². The third kappa shape index (κ3) is 3.71. The Kier molecular flexibility index (Phi) is 4.68. The van der Waals surface area contributed by atoms with E-state index < -0.39 is 0 Å². The Morgan fingerprint density at radius 3 is 2.90 bits per heavy atom. The van der Waals surface area contributed by atoms with Gasteiger partial charge in [-0.15, -0.1) is 0 Å². The predicted octanol–water partition coefficient (Wildman–Crippen LogP) is 2.27. The SMILES string of the molecule is CCn1nccc1CNC1CCN(Cc2ccccc2)C1. The van der Waals surface area contributed by atoms with Gasteiger partial charge in [0.25, 0.3) is 0 Å². The summed E-state index contributed by atoms with van der Waals surface area (Å²) < 4.78 is 2.06. The number of hydrogen-bond donors (Lipinski definition) is 1. The fourth-order valence-electron chi connectivity index (χ4n) is 3.03. The molecule has 1 saturated heterocycles. The Hall–Kier alpha value is -1.65. The molecule has 4 nitrogen and oxygen atoms in total. The van der Waals surface area contributed by atoms with Crippen molar-refractivity contribution in [1.29, 1.82) is 0 Å². The van der Waals surface area contributed by atoms with Crippen LogP contribution in [0, 0.1) is 0 Å². The maximum atomic E-state index is 4.32. The van der Waals surface area contributed by atoms with Gasteiger partial charge in [0, 0.05) is 45.0 Å². The lowest BCUT2D eigenvalue weighted by molar-refractivity contribution is 0.319. The van der Waals surface area contributed by atoms with Crippen LogP contribution >= 0.6 is 0 Å². The molecule has 0 radical (unpaired) electrons. The van der Waals surface area contributed by atoms with Crippen molar-refractivity contribution in [2.75, 3.05) is 13.1 Å². The van der Waals surface area contributed by atoms with Gasteiger partial charge in [0.05, 0.1) is 5.69 Å². The van der Waals surface area contributed by atoms with Crippen molar-refractivity contribution in [2.24, 2.45) is 0 Å². The summed E-state index contributed by atoms with van der Waals surface area (Å²) in [6, 6.07) is 13.4. The Morgan fingerprint density at radius 1 is 1.24 bits per heavy atom. The monoisotopic (exact) mass is 284 g/mol. The molecule has 1 fully saturated rings. The lowest BCUT2D eigenvalue weighted by Gasteiger charge is -2.17. The zero-order chi connectivity index (χ0) is 14.5. The van der Waals surface area contributed by atoms with Gasteiger partial charge in [-0.05, 0) is 25.0 Å². The molecule has 1 aliphatic heterocycles. The van der Waals surface area contributed by atoms with Gasteiger partial charge >= 0.3 is 0 Å². The summed E-state index contributed by atoms with van der Waals surface area (Å²) in [6.45, 7) is 7.36. The number of benzene rings is 1. The van der Waals surface area contributed by atoms with Gasteiger partial charge in [-0.25, -0.2) is 0 Å². The minimum Gasteiger partial charge on any atom is -0.307 e. The first-order valence-electron chi connectivity index (χ1n) is 7.85. The third-order valence-corrected chi connectivity index (χ3v) is 4.20. The van der Waals surface area contributed by atoms with Crippen molar-refractivity contribution in [3.8, 4) is 0 Å². The van der Waals surface area contributed by atoms with Crippen LogP contribution in [0.2, 0.25) is 0 Å². The van der Waals surface area contributed by atoms with Gasteiger partial charge in [-0.2, -0.15) is 5.10 Å². The Morgan fingerprint density at radius 2 is 2.10 bits per heavy atom. The Labute approximate surface area is 126 Å². The molecule has 1 atom stereocenters. The molecule has 0 aliphatic carbocycles. The largest absolute Gasteiger partial charge is 0.307 e. The predicted molar refractivity (Wildman–Crippen MR) is 84.9 cm³/mol. The van der Waals surface area contributed by atoms with Crippen molar-refractivity contribution in [1.82, 2.24) is 20.0 Å². The molecule has 3 rings (SSSR count). The van der Waals surface area contributed by atoms with Crippen LogP contribution in [0.3, 0.4) is 0 Å². The molecule has 1 aliphatic rings. The van der Waals surface area contributed by atoms with Crippen molar-refractivity contribution < 1.29 is 0 Å². The van der Waals surface area contributed by atoms with E-state index in [1.165, 1.54) is 24.2 Å². The first-order chi connectivity index (χ1) is 10.3. The highest BCUT2D eigenvalue weighted by atomic mass is 15.3. The summed E-state index contributed by atoms with van der Waals surface area (Å²) in [5.41, 5.74) is 2.68. The average molecular weight is 284 g/mol. The molecule has 1 aromatic carbocycles. The van der Waals surface area contributed by atoms with Crippen LogP contribution in [-0.4, -0.2) is 33.8 Å². The van der Waals surface area contributed by atoms with Gasteiger partial charge in [-0.1, -0.05) is 30.3 Å². The summed E-state index contributed by atoms with van der Waals surface area (Å²) >= 11 is 0. The number of rotatable bonds is 6. The highest BCUT2D eigenvalue weighted by Gasteiger charge is 2.22. The van der Waals surface area contributed by atoms with E-state index in [1.807, 2.05) is 6.20 Å². The number of hydrogen-bond acceptors (Lipinski definition) is 3. The molecule has 1 N–H and O–H groups in total. The Bertz CT molecular complexity index is 549. The highest BCUT2D eigenvalue weighted by Crippen LogP contribution is 2.14. The summed E-state index contributed by atoms with van der Waals surface area (Å²) in [5, 5.41) is 7.99. The van der Waals surface area contributed by atoms with Crippen molar-refractivity contribution in [3.63, 3.8) is 0 Å². The molecule has 0 amide bonds. The standard InChI is InChI=1S/C17H24N4/c1-2-21-17(8-10-19-21)12-18-16-9-11-20(14-16)13-15-6-4-3-5-7-15/h3-8,10,16,18H,2,9,11-14H2,1H3. The van der Waals surface area contributed by atoms with Crippen molar-refractivity contribution in [2.45, 2.75) is 39.0 Å². The van der Waals surface area contributed by atoms with E-state index in [4.69, 9.17) is 0 Å². The number of likely N-dealkylation sites (tertiary alicyclic amines) is 1. The molecule has 2 heterocycles. The fourth-order valence-corrected chi connectivity index (χ4v) is 3.03. The summed E-state index contributed by atoms with van der Waals surface area (Å²) in [6.07, 6.45) is 3.12. The smallest absolute Gasteiger partial charge is 0.0522 e. The molecule has 2 aromatic rings. The second kappa shape index (κ2) is 6.87. The molecular weight excluding hydrogens is 260 g/mol. The van der Waals surface area contributed by atoms with E-state index in [9.17, 15) is 0 Å². The minimum absolute atomic E-state index is 0.592. The van der Waals surface area contributed by atoms with E-state index in [0.29, 0.717) is 6.04 Å². The summed E-state index contributed by atoms with van der Waals surface area (Å²) in [7, 11) is 0. The van der Waals surface area contributed by atoms with Crippen LogP contribution in [0.5, 0.6) is 0 Å². The van der Waals surface area contributed by atoms with E-state index in [2.05, 4.69) is 63.3 Å². The number of aromatic nitrogens is 2. The average Bonchev–Trinajstić information content (AvgIpc) is 3.15. The van der Waals surface area contributed by atoms with Gasteiger partial charge in [0.15, 0.2) is 0 Å². The maximum absolute atomic E-state index is 4.32. The molecule has 112 valence electrons. The van der Waals surface area contributed by atoms with Crippen LogP contribution in [0.4, 0.5) is 0 Å². The van der Waals surface area contributed by atoms with Gasteiger partial charge in [0.1, 0.15) is 0 Å². The molecule has 0 saturated carbocycles. The van der Waals surface area contributed by atoms with Crippen LogP contribution in [0.1, 0.15) is 24.6 Å². The van der Waals surface area contributed by atoms with Gasteiger partial charge in [-0.3, -0.25) is 9.58 Å². The zero-order valence-electron chi connectivity index (χ0n) is 12.7. The second-order valence-corrected chi connectivity index (χ2v) is 5.73. The topological polar surface area (TPSA) is 33.1 Å². The third-order valence-electron chi connectivity index (χ3n) is 4.20.